The van der Waals surface area contributed by atoms with Gasteiger partial charge in [-0.1, -0.05) is 54.6 Å². The lowest BCUT2D eigenvalue weighted by Gasteiger charge is -2.28. The third kappa shape index (κ3) is 4.63. The van der Waals surface area contributed by atoms with Crippen molar-refractivity contribution in [1.82, 2.24) is 5.32 Å². The molecule has 0 radical (unpaired) electrons. The summed E-state index contributed by atoms with van der Waals surface area (Å²) in [6.07, 6.45) is -0.181. The number of fused-ring (bicyclic) bond motifs is 1. The Morgan fingerprint density at radius 3 is 2.53 bits per heavy atom. The Kier molecular flexibility index (Phi) is 6.00. The van der Waals surface area contributed by atoms with Crippen LogP contribution in [0.1, 0.15) is 22.7 Å². The minimum Gasteiger partial charge on any atom is -0.486 e. The summed E-state index contributed by atoms with van der Waals surface area (Å²) < 4.78 is 11.8. The topological polar surface area (TPSA) is 59.6 Å². The Morgan fingerprint density at radius 2 is 1.73 bits per heavy atom. The number of benzene rings is 3. The molecule has 1 amide bonds. The van der Waals surface area contributed by atoms with Gasteiger partial charge in [-0.15, -0.1) is 0 Å². The fraction of sp³-hybridized carbons (Fsp3) is 0.240. The number of rotatable bonds is 6. The standard InChI is InChI=1S/C25H26N2O3/c1-17-12-13-18(2)21(14-17)27-25(28)24(19-8-4-3-5-9-19)26-15-20-16-29-22-10-6-7-11-23(22)30-20/h3-14,20,24,26H,15-16H2,1-2H3,(H,27,28)/t20-,24+/m1/s1. The maximum absolute atomic E-state index is 13.2. The van der Waals surface area contributed by atoms with E-state index in [2.05, 4.69) is 10.6 Å². The summed E-state index contributed by atoms with van der Waals surface area (Å²) in [4.78, 5) is 13.2. The summed E-state index contributed by atoms with van der Waals surface area (Å²) in [6, 6.07) is 22.9. The molecule has 0 unspecified atom stereocenters. The van der Waals surface area contributed by atoms with Gasteiger partial charge in [0, 0.05) is 12.2 Å². The Labute approximate surface area is 177 Å². The molecule has 0 saturated carbocycles. The predicted octanol–water partition coefficient (Wildman–Crippen LogP) is 4.41. The van der Waals surface area contributed by atoms with E-state index < -0.39 is 6.04 Å². The van der Waals surface area contributed by atoms with Crippen molar-refractivity contribution in [2.75, 3.05) is 18.5 Å². The molecule has 0 spiro atoms. The van der Waals surface area contributed by atoms with Crippen molar-refractivity contribution in [3.05, 3.63) is 89.5 Å². The largest absolute Gasteiger partial charge is 0.486 e. The fourth-order valence-corrected chi connectivity index (χ4v) is 3.50. The smallest absolute Gasteiger partial charge is 0.246 e. The Hall–Kier alpha value is -3.31. The molecular weight excluding hydrogens is 376 g/mol. The molecule has 2 N–H and O–H groups in total. The molecule has 3 aromatic carbocycles. The molecule has 0 aromatic heterocycles. The van der Waals surface area contributed by atoms with Crippen molar-refractivity contribution in [3.8, 4) is 11.5 Å². The Morgan fingerprint density at radius 1 is 1.00 bits per heavy atom. The van der Waals surface area contributed by atoms with Gasteiger partial charge in [-0.3, -0.25) is 10.1 Å². The van der Waals surface area contributed by atoms with E-state index in [-0.39, 0.29) is 12.0 Å². The van der Waals surface area contributed by atoms with Crippen LogP contribution in [0.3, 0.4) is 0 Å². The molecule has 0 fully saturated rings. The molecule has 5 nitrogen and oxygen atoms in total. The predicted molar refractivity (Wildman–Crippen MR) is 118 cm³/mol. The molecule has 30 heavy (non-hydrogen) atoms. The first-order valence-corrected chi connectivity index (χ1v) is 10.1. The second-order valence-corrected chi connectivity index (χ2v) is 7.56. The summed E-state index contributed by atoms with van der Waals surface area (Å²) in [7, 11) is 0. The van der Waals surface area contributed by atoms with E-state index in [0.29, 0.717) is 13.2 Å². The number of anilines is 1. The number of hydrogen-bond donors (Lipinski definition) is 2. The highest BCUT2D eigenvalue weighted by Crippen LogP contribution is 2.31. The van der Waals surface area contributed by atoms with Gasteiger partial charge in [0.2, 0.25) is 5.91 Å². The van der Waals surface area contributed by atoms with Crippen LogP contribution in [0.5, 0.6) is 11.5 Å². The number of carbonyl (C=O) groups excluding carboxylic acids is 1. The molecule has 0 aliphatic carbocycles. The van der Waals surface area contributed by atoms with Gasteiger partial charge in [0.1, 0.15) is 18.8 Å². The van der Waals surface area contributed by atoms with E-state index in [4.69, 9.17) is 9.47 Å². The molecule has 1 heterocycles. The Bertz CT molecular complexity index is 1020. The van der Waals surface area contributed by atoms with Crippen LogP contribution in [0.2, 0.25) is 0 Å². The van der Waals surface area contributed by atoms with E-state index in [1.807, 2.05) is 86.6 Å². The molecule has 3 aromatic rings. The van der Waals surface area contributed by atoms with Crippen LogP contribution < -0.4 is 20.1 Å². The van der Waals surface area contributed by atoms with Gasteiger partial charge < -0.3 is 14.8 Å². The van der Waals surface area contributed by atoms with E-state index >= 15 is 0 Å². The first-order chi connectivity index (χ1) is 14.6. The second-order valence-electron chi connectivity index (χ2n) is 7.56. The van der Waals surface area contributed by atoms with Gasteiger partial charge in [-0.05, 0) is 48.7 Å². The molecule has 5 heteroatoms. The second kappa shape index (κ2) is 9.01. The minimum atomic E-state index is -0.508. The summed E-state index contributed by atoms with van der Waals surface area (Å²) >= 11 is 0. The van der Waals surface area contributed by atoms with E-state index in [1.165, 1.54) is 0 Å². The van der Waals surface area contributed by atoms with Crippen LogP contribution in [0.25, 0.3) is 0 Å². The first-order valence-electron chi connectivity index (χ1n) is 10.1. The summed E-state index contributed by atoms with van der Waals surface area (Å²) in [6.45, 7) is 4.92. The van der Waals surface area contributed by atoms with Crippen LogP contribution in [-0.2, 0) is 4.79 Å². The molecular formula is C25H26N2O3. The number of ether oxygens (including phenoxy) is 2. The van der Waals surface area contributed by atoms with Crippen LogP contribution in [0, 0.1) is 13.8 Å². The summed E-state index contributed by atoms with van der Waals surface area (Å²) in [5.74, 6) is 1.37. The van der Waals surface area contributed by atoms with Gasteiger partial charge >= 0.3 is 0 Å². The third-order valence-corrected chi connectivity index (χ3v) is 5.16. The summed E-state index contributed by atoms with van der Waals surface area (Å²) in [5.41, 5.74) is 3.86. The molecule has 2 atom stereocenters. The van der Waals surface area contributed by atoms with Gasteiger partial charge in [-0.2, -0.15) is 0 Å². The van der Waals surface area contributed by atoms with Crippen LogP contribution >= 0.6 is 0 Å². The van der Waals surface area contributed by atoms with Crippen molar-refractivity contribution in [2.24, 2.45) is 0 Å². The number of amides is 1. The summed E-state index contributed by atoms with van der Waals surface area (Å²) in [5, 5.41) is 6.45. The van der Waals surface area contributed by atoms with Crippen molar-refractivity contribution in [3.63, 3.8) is 0 Å². The fourth-order valence-electron chi connectivity index (χ4n) is 3.50. The highest BCUT2D eigenvalue weighted by Gasteiger charge is 2.25. The average molecular weight is 402 g/mol. The van der Waals surface area contributed by atoms with Gasteiger partial charge in [0.25, 0.3) is 0 Å². The lowest BCUT2D eigenvalue weighted by atomic mass is 10.0. The van der Waals surface area contributed by atoms with Crippen LogP contribution in [0.4, 0.5) is 5.69 Å². The zero-order valence-corrected chi connectivity index (χ0v) is 17.2. The highest BCUT2D eigenvalue weighted by molar-refractivity contribution is 5.96. The van der Waals surface area contributed by atoms with Crippen LogP contribution in [0.15, 0.2) is 72.8 Å². The lowest BCUT2D eigenvalue weighted by molar-refractivity contribution is -0.118. The molecule has 4 rings (SSSR count). The molecule has 0 bridgehead atoms. The number of para-hydroxylation sites is 2. The minimum absolute atomic E-state index is 0.105. The Balaban J connectivity index is 1.48. The van der Waals surface area contributed by atoms with E-state index in [0.717, 1.165) is 33.9 Å². The van der Waals surface area contributed by atoms with E-state index in [9.17, 15) is 4.79 Å². The van der Waals surface area contributed by atoms with Crippen molar-refractivity contribution in [1.29, 1.82) is 0 Å². The van der Waals surface area contributed by atoms with Crippen molar-refractivity contribution >= 4 is 11.6 Å². The number of nitrogens with one attached hydrogen (secondary N) is 2. The number of aryl methyl sites for hydroxylation is 2. The quantitative estimate of drug-likeness (QED) is 0.641. The maximum Gasteiger partial charge on any atom is 0.246 e. The molecule has 1 aliphatic rings. The molecule has 1 aliphatic heterocycles. The van der Waals surface area contributed by atoms with Crippen LogP contribution in [-0.4, -0.2) is 25.2 Å². The van der Waals surface area contributed by atoms with Crippen molar-refractivity contribution in [2.45, 2.75) is 26.0 Å². The van der Waals surface area contributed by atoms with Gasteiger partial charge in [0.15, 0.2) is 11.5 Å². The number of carbonyl (C=O) groups is 1. The van der Waals surface area contributed by atoms with Gasteiger partial charge in [-0.25, -0.2) is 0 Å². The molecule has 0 saturated heterocycles. The highest BCUT2D eigenvalue weighted by atomic mass is 16.6. The average Bonchev–Trinajstić information content (AvgIpc) is 2.77. The lowest BCUT2D eigenvalue weighted by Crippen LogP contribution is -2.42. The zero-order chi connectivity index (χ0) is 20.9. The first kappa shape index (κ1) is 20.0. The van der Waals surface area contributed by atoms with Gasteiger partial charge in [0.05, 0.1) is 0 Å². The number of hydrogen-bond acceptors (Lipinski definition) is 4. The monoisotopic (exact) mass is 402 g/mol. The SMILES string of the molecule is Cc1ccc(C)c(NC(=O)[C@@H](NC[C@@H]2COc3ccccc3O2)c2ccccc2)c1. The normalized spacial score (nSPS) is 16.0. The molecule has 154 valence electrons. The maximum atomic E-state index is 13.2. The van der Waals surface area contributed by atoms with E-state index in [1.54, 1.807) is 0 Å². The van der Waals surface area contributed by atoms with Crippen molar-refractivity contribution < 1.29 is 14.3 Å². The zero-order valence-electron chi connectivity index (χ0n) is 17.2. The third-order valence-electron chi connectivity index (χ3n) is 5.16.